The fraction of sp³-hybridized carbons (Fsp3) is 0.417. The summed E-state index contributed by atoms with van der Waals surface area (Å²) in [6.45, 7) is 2.58. The zero-order chi connectivity index (χ0) is 13.5. The first-order valence-electron chi connectivity index (χ1n) is 5.99. The first kappa shape index (κ1) is 13.9. The summed E-state index contributed by atoms with van der Waals surface area (Å²) in [5.74, 6) is 0.774. The number of ether oxygens (including phenoxy) is 1. The van der Waals surface area contributed by atoms with Gasteiger partial charge in [-0.1, -0.05) is 29.8 Å². The van der Waals surface area contributed by atoms with Crippen molar-refractivity contribution in [3.63, 3.8) is 0 Å². The molecule has 2 aromatic rings. The molecule has 0 aliphatic rings. The molecular weight excluding hydrogens is 266 g/mol. The minimum absolute atomic E-state index is 0.563. The van der Waals surface area contributed by atoms with Crippen molar-refractivity contribution in [3.8, 4) is 0 Å². The van der Waals surface area contributed by atoms with Gasteiger partial charge in [-0.15, -0.1) is 5.10 Å². The fourth-order valence-corrected chi connectivity index (χ4v) is 1.83. The van der Waals surface area contributed by atoms with Crippen LogP contribution in [0.3, 0.4) is 0 Å². The van der Waals surface area contributed by atoms with Crippen LogP contribution in [0.5, 0.6) is 0 Å². The first-order valence-corrected chi connectivity index (χ1v) is 6.37. The van der Waals surface area contributed by atoms with E-state index in [1.807, 2.05) is 24.3 Å². The molecule has 0 aliphatic heterocycles. The van der Waals surface area contributed by atoms with Crippen LogP contribution in [0.4, 0.5) is 0 Å². The molecule has 102 valence electrons. The van der Waals surface area contributed by atoms with Crippen molar-refractivity contribution in [2.75, 3.05) is 20.3 Å². The lowest BCUT2D eigenvalue weighted by Crippen LogP contribution is -2.21. The van der Waals surface area contributed by atoms with Gasteiger partial charge < -0.3 is 10.1 Å². The van der Waals surface area contributed by atoms with Gasteiger partial charge >= 0.3 is 0 Å². The van der Waals surface area contributed by atoms with Gasteiger partial charge in [-0.25, -0.2) is 4.68 Å². The number of rotatable bonds is 7. The fourth-order valence-electron chi connectivity index (χ4n) is 1.64. The van der Waals surface area contributed by atoms with Gasteiger partial charge in [0.25, 0.3) is 0 Å². The van der Waals surface area contributed by atoms with Crippen LogP contribution in [0.15, 0.2) is 24.3 Å². The molecule has 0 radical (unpaired) electrons. The second-order valence-electron chi connectivity index (χ2n) is 4.01. The van der Waals surface area contributed by atoms with Gasteiger partial charge in [0.2, 0.25) is 0 Å². The van der Waals surface area contributed by atoms with Gasteiger partial charge in [-0.05, 0) is 22.1 Å². The molecule has 0 saturated carbocycles. The molecule has 0 saturated heterocycles. The Morgan fingerprint density at radius 1 is 1.37 bits per heavy atom. The third kappa shape index (κ3) is 3.99. The Balaban J connectivity index is 1.98. The number of hydrogen-bond acceptors (Lipinski definition) is 5. The van der Waals surface area contributed by atoms with Crippen LogP contribution in [-0.2, 0) is 17.8 Å². The number of benzene rings is 1. The zero-order valence-electron chi connectivity index (χ0n) is 10.7. The number of halogens is 1. The third-order valence-corrected chi connectivity index (χ3v) is 3.02. The maximum Gasteiger partial charge on any atom is 0.165 e. The molecule has 0 atom stereocenters. The van der Waals surface area contributed by atoms with Crippen molar-refractivity contribution in [2.45, 2.75) is 13.1 Å². The minimum Gasteiger partial charge on any atom is -0.383 e. The third-order valence-electron chi connectivity index (χ3n) is 2.65. The number of nitrogens with zero attached hydrogens (tertiary/aromatic N) is 4. The molecule has 0 bridgehead atoms. The second kappa shape index (κ2) is 7.18. The predicted molar refractivity (Wildman–Crippen MR) is 72.0 cm³/mol. The summed E-state index contributed by atoms with van der Waals surface area (Å²) in [5, 5.41) is 15.6. The lowest BCUT2D eigenvalue weighted by atomic mass is 10.2. The van der Waals surface area contributed by atoms with E-state index in [4.69, 9.17) is 16.3 Å². The molecule has 0 amide bonds. The summed E-state index contributed by atoms with van der Waals surface area (Å²) in [7, 11) is 1.67. The van der Waals surface area contributed by atoms with Crippen LogP contribution in [0.1, 0.15) is 11.4 Å². The van der Waals surface area contributed by atoms with Crippen LogP contribution in [0.25, 0.3) is 0 Å². The Morgan fingerprint density at radius 3 is 3.00 bits per heavy atom. The maximum absolute atomic E-state index is 6.13. The van der Waals surface area contributed by atoms with Crippen LogP contribution >= 0.6 is 11.6 Å². The predicted octanol–water partition coefficient (Wildman–Crippen LogP) is 1.11. The molecule has 0 aliphatic carbocycles. The van der Waals surface area contributed by atoms with E-state index >= 15 is 0 Å². The zero-order valence-corrected chi connectivity index (χ0v) is 11.5. The van der Waals surface area contributed by atoms with E-state index in [1.165, 1.54) is 0 Å². The van der Waals surface area contributed by atoms with Gasteiger partial charge in [0.05, 0.1) is 19.7 Å². The molecule has 6 nitrogen and oxygen atoms in total. The molecule has 1 heterocycles. The van der Waals surface area contributed by atoms with E-state index in [0.717, 1.165) is 23.0 Å². The van der Waals surface area contributed by atoms with Gasteiger partial charge in [0.1, 0.15) is 0 Å². The summed E-state index contributed by atoms with van der Waals surface area (Å²) in [4.78, 5) is 0. The highest BCUT2D eigenvalue weighted by molar-refractivity contribution is 6.31. The van der Waals surface area contributed by atoms with E-state index in [2.05, 4.69) is 20.8 Å². The monoisotopic (exact) mass is 281 g/mol. The van der Waals surface area contributed by atoms with Crippen LogP contribution in [0.2, 0.25) is 5.02 Å². The van der Waals surface area contributed by atoms with Gasteiger partial charge in [-0.3, -0.25) is 0 Å². The van der Waals surface area contributed by atoms with Crippen molar-refractivity contribution >= 4 is 11.6 Å². The summed E-state index contributed by atoms with van der Waals surface area (Å²) in [5.41, 5.74) is 0.995. The minimum atomic E-state index is 0.563. The molecular formula is C12H16ClN5O. The average Bonchev–Trinajstić information content (AvgIpc) is 2.85. The van der Waals surface area contributed by atoms with E-state index in [0.29, 0.717) is 19.7 Å². The van der Waals surface area contributed by atoms with Crippen LogP contribution < -0.4 is 5.32 Å². The van der Waals surface area contributed by atoms with Crippen molar-refractivity contribution in [1.82, 2.24) is 25.5 Å². The van der Waals surface area contributed by atoms with Gasteiger partial charge in [0, 0.05) is 18.7 Å². The van der Waals surface area contributed by atoms with Gasteiger partial charge in [0.15, 0.2) is 5.82 Å². The number of methoxy groups -OCH3 is 1. The van der Waals surface area contributed by atoms with E-state index in [-0.39, 0.29) is 0 Å². The normalized spacial score (nSPS) is 10.8. The highest BCUT2D eigenvalue weighted by atomic mass is 35.5. The Hall–Kier alpha value is -1.50. The highest BCUT2D eigenvalue weighted by Crippen LogP contribution is 2.15. The SMILES string of the molecule is COCCNCc1nnnn1Cc1ccccc1Cl. The maximum atomic E-state index is 6.13. The molecule has 1 aromatic heterocycles. The lowest BCUT2D eigenvalue weighted by molar-refractivity contribution is 0.198. The molecule has 1 N–H and O–H groups in total. The molecule has 2 rings (SSSR count). The number of tetrazole rings is 1. The Morgan fingerprint density at radius 2 is 2.21 bits per heavy atom. The quantitative estimate of drug-likeness (QED) is 0.770. The number of nitrogens with one attached hydrogen (secondary N) is 1. The summed E-state index contributed by atoms with van der Waals surface area (Å²) in [6, 6.07) is 7.67. The Labute approximate surface area is 116 Å². The second-order valence-corrected chi connectivity index (χ2v) is 4.42. The van der Waals surface area contributed by atoms with Crippen molar-refractivity contribution in [2.24, 2.45) is 0 Å². The Kier molecular flexibility index (Phi) is 5.26. The largest absolute Gasteiger partial charge is 0.383 e. The molecule has 0 fully saturated rings. The van der Waals surface area contributed by atoms with Crippen LogP contribution in [-0.4, -0.2) is 40.5 Å². The Bertz CT molecular complexity index is 516. The van der Waals surface area contributed by atoms with Crippen molar-refractivity contribution < 1.29 is 4.74 Å². The number of aromatic nitrogens is 4. The molecule has 0 unspecified atom stereocenters. The average molecular weight is 282 g/mol. The first-order chi connectivity index (χ1) is 9.31. The van der Waals surface area contributed by atoms with Crippen molar-refractivity contribution in [1.29, 1.82) is 0 Å². The molecule has 0 spiro atoms. The highest BCUT2D eigenvalue weighted by Gasteiger charge is 2.07. The standard InChI is InChI=1S/C12H16ClN5O/c1-19-7-6-14-8-12-15-16-17-18(12)9-10-4-2-3-5-11(10)13/h2-5,14H,6-9H2,1H3. The smallest absolute Gasteiger partial charge is 0.165 e. The summed E-state index contributed by atoms with van der Waals surface area (Å²) in [6.07, 6.45) is 0. The van der Waals surface area contributed by atoms with Crippen LogP contribution in [0, 0.1) is 0 Å². The number of hydrogen-bond donors (Lipinski definition) is 1. The molecule has 1 aromatic carbocycles. The molecule has 19 heavy (non-hydrogen) atoms. The lowest BCUT2D eigenvalue weighted by Gasteiger charge is -2.07. The van der Waals surface area contributed by atoms with Gasteiger partial charge in [-0.2, -0.15) is 0 Å². The van der Waals surface area contributed by atoms with E-state index in [1.54, 1.807) is 11.8 Å². The summed E-state index contributed by atoms with van der Waals surface area (Å²) < 4.78 is 6.70. The van der Waals surface area contributed by atoms with Crippen molar-refractivity contribution in [3.05, 3.63) is 40.7 Å². The van der Waals surface area contributed by atoms with E-state index in [9.17, 15) is 0 Å². The topological polar surface area (TPSA) is 64.9 Å². The molecule has 7 heteroatoms. The van der Waals surface area contributed by atoms with E-state index < -0.39 is 0 Å². The summed E-state index contributed by atoms with van der Waals surface area (Å²) >= 11 is 6.13.